The Kier molecular flexibility index (Phi) is 8.61. The van der Waals surface area contributed by atoms with Crippen LogP contribution in [0.2, 0.25) is 0 Å². The molecule has 1 aliphatic carbocycles. The second-order valence-electron chi connectivity index (χ2n) is 8.51. The summed E-state index contributed by atoms with van der Waals surface area (Å²) in [6.07, 6.45) is 5.95. The lowest BCUT2D eigenvalue weighted by Crippen LogP contribution is -2.40. The number of benzene rings is 1. The second kappa shape index (κ2) is 11.4. The second-order valence-corrected chi connectivity index (χ2v) is 8.51. The van der Waals surface area contributed by atoms with Gasteiger partial charge < -0.3 is 20.1 Å². The highest BCUT2D eigenvalue weighted by Gasteiger charge is 2.20. The van der Waals surface area contributed by atoms with Crippen LogP contribution >= 0.6 is 0 Å². The first kappa shape index (κ1) is 22.7. The molecule has 1 aliphatic rings. The molecule has 2 N–H and O–H groups in total. The maximum absolute atomic E-state index is 10.4. The lowest BCUT2D eigenvalue weighted by Gasteiger charge is -2.32. The van der Waals surface area contributed by atoms with Crippen LogP contribution in [-0.2, 0) is 13.1 Å². The van der Waals surface area contributed by atoms with Crippen molar-refractivity contribution in [2.45, 2.75) is 71.2 Å². The van der Waals surface area contributed by atoms with Crippen LogP contribution in [0, 0.1) is 13.8 Å². The first-order valence-electron chi connectivity index (χ1n) is 11.1. The summed E-state index contributed by atoms with van der Waals surface area (Å²) in [5, 5.41) is 13.8. The molecule has 2 aromatic rings. The van der Waals surface area contributed by atoms with Crippen LogP contribution in [-0.4, -0.2) is 52.3 Å². The van der Waals surface area contributed by atoms with E-state index >= 15 is 0 Å². The molecule has 6 heteroatoms. The lowest BCUT2D eigenvalue weighted by atomic mass is 9.94. The Morgan fingerprint density at radius 3 is 2.57 bits per heavy atom. The topological polar surface area (TPSA) is 70.5 Å². The van der Waals surface area contributed by atoms with Crippen molar-refractivity contribution in [3.63, 3.8) is 0 Å². The van der Waals surface area contributed by atoms with Crippen molar-refractivity contribution in [1.29, 1.82) is 0 Å². The number of aliphatic hydroxyl groups is 1. The Balaban J connectivity index is 1.42. The highest BCUT2D eigenvalue weighted by Crippen LogP contribution is 2.21. The van der Waals surface area contributed by atoms with E-state index in [1.807, 2.05) is 38.1 Å². The van der Waals surface area contributed by atoms with Crippen molar-refractivity contribution >= 4 is 0 Å². The van der Waals surface area contributed by atoms with Gasteiger partial charge in [-0.2, -0.15) is 0 Å². The van der Waals surface area contributed by atoms with Gasteiger partial charge in [-0.05, 0) is 57.5 Å². The summed E-state index contributed by atoms with van der Waals surface area (Å²) in [5.41, 5.74) is 3.11. The van der Waals surface area contributed by atoms with Gasteiger partial charge in [0, 0.05) is 30.5 Å². The van der Waals surface area contributed by atoms with Crippen LogP contribution in [0.5, 0.6) is 5.75 Å². The summed E-state index contributed by atoms with van der Waals surface area (Å²) in [6, 6.07) is 10.6. The van der Waals surface area contributed by atoms with Crippen molar-refractivity contribution in [2.75, 3.05) is 20.2 Å². The molecule has 0 saturated heterocycles. The number of hydrogen-bond donors (Lipinski definition) is 2. The molecule has 0 spiro atoms. The zero-order valence-electron chi connectivity index (χ0n) is 18.6. The molecule has 164 valence electrons. The van der Waals surface area contributed by atoms with E-state index in [1.165, 1.54) is 32.1 Å². The molecule has 30 heavy (non-hydrogen) atoms. The summed E-state index contributed by atoms with van der Waals surface area (Å²) in [5.74, 6) is 1.60. The number of nitrogens with one attached hydrogen (secondary N) is 1. The van der Waals surface area contributed by atoms with E-state index in [1.54, 1.807) is 0 Å². The molecule has 0 unspecified atom stereocenters. The molecule has 0 aliphatic heterocycles. The van der Waals surface area contributed by atoms with E-state index in [2.05, 4.69) is 33.3 Å². The Hall–Kier alpha value is -2.02. The van der Waals surface area contributed by atoms with Crippen molar-refractivity contribution in [3.05, 3.63) is 53.1 Å². The van der Waals surface area contributed by atoms with Crippen LogP contribution in [0.4, 0.5) is 0 Å². The maximum Gasteiger partial charge on any atom is 0.142 e. The van der Waals surface area contributed by atoms with E-state index in [9.17, 15) is 5.11 Å². The van der Waals surface area contributed by atoms with Crippen molar-refractivity contribution in [1.82, 2.24) is 20.2 Å². The molecule has 0 bridgehead atoms. The van der Waals surface area contributed by atoms with Crippen LogP contribution in [0.3, 0.4) is 0 Å². The third-order valence-corrected chi connectivity index (χ3v) is 5.68. The molecule has 0 amide bonds. The van der Waals surface area contributed by atoms with E-state index in [-0.39, 0.29) is 0 Å². The summed E-state index contributed by atoms with van der Waals surface area (Å²) in [6.45, 7) is 6.27. The van der Waals surface area contributed by atoms with E-state index in [0.29, 0.717) is 32.3 Å². The molecule has 1 aromatic heterocycles. The number of aromatic nitrogens is 2. The molecular weight excluding hydrogens is 376 g/mol. The Bertz CT molecular complexity index is 772. The molecule has 1 atom stereocenters. The van der Waals surface area contributed by atoms with E-state index in [4.69, 9.17) is 4.74 Å². The summed E-state index contributed by atoms with van der Waals surface area (Å²) in [4.78, 5) is 11.2. The number of aryl methyl sites for hydroxylation is 2. The van der Waals surface area contributed by atoms with Gasteiger partial charge in [0.25, 0.3) is 0 Å². The van der Waals surface area contributed by atoms with E-state index < -0.39 is 6.10 Å². The monoisotopic (exact) mass is 412 g/mol. The van der Waals surface area contributed by atoms with Crippen molar-refractivity contribution in [3.8, 4) is 5.75 Å². The van der Waals surface area contributed by atoms with E-state index in [0.717, 1.165) is 28.5 Å². The molecule has 1 heterocycles. The first-order valence-corrected chi connectivity index (χ1v) is 11.1. The summed E-state index contributed by atoms with van der Waals surface area (Å²) in [7, 11) is 2.12. The van der Waals surface area contributed by atoms with Gasteiger partial charge in [-0.3, -0.25) is 0 Å². The Morgan fingerprint density at radius 2 is 1.83 bits per heavy atom. The molecule has 1 fully saturated rings. The molecular formula is C24H36N4O2. The highest BCUT2D eigenvalue weighted by molar-refractivity contribution is 5.28. The number of hydrogen-bond acceptors (Lipinski definition) is 6. The molecule has 1 aromatic carbocycles. The maximum atomic E-state index is 10.4. The smallest absolute Gasteiger partial charge is 0.142 e. The quantitative estimate of drug-likeness (QED) is 0.623. The fourth-order valence-electron chi connectivity index (χ4n) is 4.19. The molecule has 0 radical (unpaired) electrons. The van der Waals surface area contributed by atoms with Gasteiger partial charge in [0.1, 0.15) is 24.3 Å². The van der Waals surface area contributed by atoms with Gasteiger partial charge in [0.2, 0.25) is 0 Å². The fraction of sp³-hybridized carbons (Fsp3) is 0.583. The molecule has 6 nitrogen and oxygen atoms in total. The third kappa shape index (κ3) is 7.35. The minimum absolute atomic E-state index is 0.310. The van der Waals surface area contributed by atoms with Gasteiger partial charge in [0.05, 0.1) is 6.54 Å². The van der Waals surface area contributed by atoms with Crippen LogP contribution in [0.1, 0.15) is 54.9 Å². The number of ether oxygens (including phenoxy) is 1. The molecule has 3 rings (SSSR count). The van der Waals surface area contributed by atoms with Crippen LogP contribution in [0.25, 0.3) is 0 Å². The average Bonchev–Trinajstić information content (AvgIpc) is 2.72. The third-order valence-electron chi connectivity index (χ3n) is 5.68. The largest absolute Gasteiger partial charge is 0.491 e. The van der Waals surface area contributed by atoms with Gasteiger partial charge in [-0.1, -0.05) is 31.4 Å². The Morgan fingerprint density at radius 1 is 1.10 bits per heavy atom. The number of nitrogens with zero attached hydrogens (tertiary/aromatic N) is 3. The zero-order valence-corrected chi connectivity index (χ0v) is 18.6. The van der Waals surface area contributed by atoms with Gasteiger partial charge in [-0.15, -0.1) is 0 Å². The van der Waals surface area contributed by atoms with Crippen LogP contribution < -0.4 is 10.1 Å². The summed E-state index contributed by atoms with van der Waals surface area (Å²) < 4.78 is 5.86. The summed E-state index contributed by atoms with van der Waals surface area (Å²) >= 11 is 0. The standard InChI is InChI=1S/C24H36N4O2/c1-18-12-19(2)27-24(26-18)15-25-14-20-8-7-11-23(13-20)30-17-22(29)16-28(3)21-9-5-4-6-10-21/h7-8,11-13,21-22,25,29H,4-6,9-10,14-17H2,1-3H3/t22-/m1/s1. The zero-order chi connectivity index (χ0) is 21.3. The minimum Gasteiger partial charge on any atom is -0.491 e. The number of aliphatic hydroxyl groups excluding tert-OH is 1. The van der Waals surface area contributed by atoms with Crippen LogP contribution in [0.15, 0.2) is 30.3 Å². The lowest BCUT2D eigenvalue weighted by molar-refractivity contribution is 0.0561. The van der Waals surface area contributed by atoms with Gasteiger partial charge >= 0.3 is 0 Å². The van der Waals surface area contributed by atoms with Crippen molar-refractivity contribution < 1.29 is 9.84 Å². The molecule has 1 saturated carbocycles. The minimum atomic E-state index is -0.486. The number of rotatable bonds is 10. The highest BCUT2D eigenvalue weighted by atomic mass is 16.5. The van der Waals surface area contributed by atoms with Gasteiger partial charge in [0.15, 0.2) is 0 Å². The number of likely N-dealkylation sites (N-methyl/N-ethyl adjacent to an activating group) is 1. The normalized spacial score (nSPS) is 16.0. The first-order chi connectivity index (χ1) is 14.5. The SMILES string of the molecule is Cc1cc(C)nc(CNCc2cccc(OC[C@H](O)CN(C)C3CCCCC3)c2)n1. The average molecular weight is 413 g/mol. The Labute approximate surface area is 180 Å². The fourth-order valence-corrected chi connectivity index (χ4v) is 4.19. The van der Waals surface area contributed by atoms with Crippen molar-refractivity contribution in [2.24, 2.45) is 0 Å². The predicted octanol–water partition coefficient (Wildman–Crippen LogP) is 3.39. The predicted molar refractivity (Wildman–Crippen MR) is 119 cm³/mol. The van der Waals surface area contributed by atoms with Gasteiger partial charge in [-0.25, -0.2) is 9.97 Å².